The van der Waals surface area contributed by atoms with E-state index in [0.29, 0.717) is 24.6 Å². The van der Waals surface area contributed by atoms with Gasteiger partial charge >= 0.3 is 0 Å². The smallest absolute Gasteiger partial charge is 0.201 e. The molecule has 0 amide bonds. The molecule has 2 aromatic rings. The number of fused-ring (bicyclic) bond motifs is 1. The van der Waals surface area contributed by atoms with Crippen molar-refractivity contribution in [1.29, 1.82) is 0 Å². The molecule has 1 aromatic heterocycles. The van der Waals surface area contributed by atoms with Crippen LogP contribution in [0, 0.1) is 11.7 Å². The van der Waals surface area contributed by atoms with E-state index in [0.717, 1.165) is 18.0 Å². The van der Waals surface area contributed by atoms with Gasteiger partial charge in [0.1, 0.15) is 5.82 Å². The van der Waals surface area contributed by atoms with Crippen LogP contribution in [0.2, 0.25) is 0 Å². The first-order chi connectivity index (χ1) is 8.74. The van der Waals surface area contributed by atoms with Crippen LogP contribution in [-0.4, -0.2) is 22.8 Å². The van der Waals surface area contributed by atoms with Gasteiger partial charge in [0, 0.05) is 19.2 Å². The molecule has 2 N–H and O–H groups in total. The zero-order chi connectivity index (χ0) is 12.5. The molecular formula is C13H16FN3O. The number of nitrogens with zero attached hydrogens (tertiary/aromatic N) is 2. The van der Waals surface area contributed by atoms with Gasteiger partial charge in [0.2, 0.25) is 5.95 Å². The minimum absolute atomic E-state index is 0.294. The van der Waals surface area contributed by atoms with Gasteiger partial charge in [-0.2, -0.15) is 0 Å². The summed E-state index contributed by atoms with van der Waals surface area (Å²) in [7, 11) is 0. The molecule has 1 fully saturated rings. The Hall–Kier alpha value is -1.62. The van der Waals surface area contributed by atoms with Gasteiger partial charge in [0.15, 0.2) is 0 Å². The average molecular weight is 249 g/mol. The van der Waals surface area contributed by atoms with E-state index in [1.54, 1.807) is 6.07 Å². The van der Waals surface area contributed by atoms with Crippen molar-refractivity contribution in [3.63, 3.8) is 0 Å². The second-order valence-electron chi connectivity index (χ2n) is 4.77. The van der Waals surface area contributed by atoms with Crippen LogP contribution in [0.5, 0.6) is 0 Å². The van der Waals surface area contributed by atoms with Crippen molar-refractivity contribution in [2.75, 3.05) is 18.9 Å². The van der Waals surface area contributed by atoms with Crippen molar-refractivity contribution in [3.05, 3.63) is 24.0 Å². The lowest BCUT2D eigenvalue weighted by atomic mass is 10.3. The molecule has 1 aliphatic rings. The fourth-order valence-corrected chi connectivity index (χ4v) is 2.05. The van der Waals surface area contributed by atoms with E-state index in [2.05, 4.69) is 4.98 Å². The number of ether oxygens (including phenoxy) is 1. The van der Waals surface area contributed by atoms with Crippen molar-refractivity contribution in [1.82, 2.24) is 9.55 Å². The van der Waals surface area contributed by atoms with Gasteiger partial charge in [-0.1, -0.05) is 0 Å². The highest BCUT2D eigenvalue weighted by Crippen LogP contribution is 2.28. The first-order valence-electron chi connectivity index (χ1n) is 6.23. The Morgan fingerprint density at radius 3 is 3.06 bits per heavy atom. The Kier molecular flexibility index (Phi) is 2.91. The number of nitrogens with two attached hydrogens (primary N) is 1. The highest BCUT2D eigenvalue weighted by atomic mass is 19.1. The van der Waals surface area contributed by atoms with Crippen LogP contribution in [0.4, 0.5) is 10.3 Å². The maximum atomic E-state index is 13.1. The molecule has 4 nitrogen and oxygen atoms in total. The molecule has 0 unspecified atom stereocenters. The molecule has 3 rings (SSSR count). The molecule has 0 bridgehead atoms. The Morgan fingerprint density at radius 1 is 1.44 bits per heavy atom. The third-order valence-corrected chi connectivity index (χ3v) is 3.25. The van der Waals surface area contributed by atoms with Gasteiger partial charge in [-0.05, 0) is 30.9 Å². The molecule has 0 atom stereocenters. The lowest BCUT2D eigenvalue weighted by Gasteiger charge is -2.07. The zero-order valence-corrected chi connectivity index (χ0v) is 10.1. The van der Waals surface area contributed by atoms with Crippen molar-refractivity contribution >= 4 is 17.0 Å². The van der Waals surface area contributed by atoms with Crippen LogP contribution in [0.15, 0.2) is 18.2 Å². The zero-order valence-electron chi connectivity index (χ0n) is 10.1. The van der Waals surface area contributed by atoms with Crippen molar-refractivity contribution in [3.8, 4) is 0 Å². The number of halogens is 1. The normalized spacial score (nSPS) is 15.4. The quantitative estimate of drug-likeness (QED) is 0.826. The lowest BCUT2D eigenvalue weighted by molar-refractivity contribution is 0.118. The molecule has 0 radical (unpaired) electrons. The van der Waals surface area contributed by atoms with E-state index in [9.17, 15) is 4.39 Å². The highest BCUT2D eigenvalue weighted by molar-refractivity contribution is 5.78. The van der Waals surface area contributed by atoms with E-state index in [4.69, 9.17) is 10.5 Å². The first-order valence-corrected chi connectivity index (χ1v) is 6.23. The minimum Gasteiger partial charge on any atom is -0.379 e. The second-order valence-corrected chi connectivity index (χ2v) is 4.77. The predicted molar refractivity (Wildman–Crippen MR) is 67.6 cm³/mol. The number of anilines is 1. The fraction of sp³-hybridized carbons (Fsp3) is 0.462. The molecule has 1 saturated carbocycles. The van der Waals surface area contributed by atoms with E-state index in [1.165, 1.54) is 25.0 Å². The summed E-state index contributed by atoms with van der Waals surface area (Å²) in [5, 5.41) is 0. The molecule has 1 aliphatic carbocycles. The minimum atomic E-state index is -0.294. The van der Waals surface area contributed by atoms with Crippen LogP contribution in [0.1, 0.15) is 12.8 Å². The third-order valence-electron chi connectivity index (χ3n) is 3.25. The number of nitrogen functional groups attached to an aromatic ring is 1. The van der Waals surface area contributed by atoms with Crippen LogP contribution in [0.3, 0.4) is 0 Å². The summed E-state index contributed by atoms with van der Waals surface area (Å²) >= 11 is 0. The summed E-state index contributed by atoms with van der Waals surface area (Å²) in [4.78, 5) is 4.15. The van der Waals surface area contributed by atoms with Gasteiger partial charge < -0.3 is 15.0 Å². The molecule has 1 aromatic carbocycles. The molecule has 0 spiro atoms. The van der Waals surface area contributed by atoms with Crippen molar-refractivity contribution in [2.45, 2.75) is 19.4 Å². The van der Waals surface area contributed by atoms with Gasteiger partial charge in [0.25, 0.3) is 0 Å². The Balaban J connectivity index is 1.71. The SMILES string of the molecule is Nc1nc2cc(F)ccc2n1CCOCC1CC1. The lowest BCUT2D eigenvalue weighted by Crippen LogP contribution is -2.10. The molecule has 96 valence electrons. The van der Waals surface area contributed by atoms with E-state index in [1.807, 2.05) is 4.57 Å². The molecule has 0 saturated heterocycles. The number of rotatable bonds is 5. The van der Waals surface area contributed by atoms with Gasteiger partial charge in [-0.3, -0.25) is 0 Å². The first kappa shape index (κ1) is 11.5. The average Bonchev–Trinajstić information content (AvgIpc) is 3.10. The Labute approximate surface area is 105 Å². The summed E-state index contributed by atoms with van der Waals surface area (Å²) in [6.07, 6.45) is 2.57. The topological polar surface area (TPSA) is 53.1 Å². The van der Waals surface area contributed by atoms with E-state index >= 15 is 0 Å². The standard InChI is InChI=1S/C13H16FN3O/c14-10-3-4-12-11(7-10)16-13(15)17(12)5-6-18-8-9-1-2-9/h3-4,7,9H,1-2,5-6,8H2,(H2,15,16). The largest absolute Gasteiger partial charge is 0.379 e. The van der Waals surface area contributed by atoms with Crippen LogP contribution in [-0.2, 0) is 11.3 Å². The number of benzene rings is 1. The summed E-state index contributed by atoms with van der Waals surface area (Å²) < 4.78 is 20.5. The van der Waals surface area contributed by atoms with Crippen molar-refractivity contribution < 1.29 is 9.13 Å². The van der Waals surface area contributed by atoms with Crippen LogP contribution in [0.25, 0.3) is 11.0 Å². The van der Waals surface area contributed by atoms with Crippen LogP contribution >= 0.6 is 0 Å². The predicted octanol–water partition coefficient (Wildman–Crippen LogP) is 2.18. The monoisotopic (exact) mass is 249 g/mol. The third kappa shape index (κ3) is 2.31. The van der Waals surface area contributed by atoms with Gasteiger partial charge in [-0.15, -0.1) is 0 Å². The number of aromatic nitrogens is 2. The van der Waals surface area contributed by atoms with E-state index < -0.39 is 0 Å². The summed E-state index contributed by atoms with van der Waals surface area (Å²) in [6.45, 7) is 2.10. The Morgan fingerprint density at radius 2 is 2.28 bits per heavy atom. The molecular weight excluding hydrogens is 233 g/mol. The summed E-state index contributed by atoms with van der Waals surface area (Å²) in [5.74, 6) is 0.874. The van der Waals surface area contributed by atoms with Crippen LogP contribution < -0.4 is 5.73 Å². The molecule has 5 heteroatoms. The van der Waals surface area contributed by atoms with Gasteiger partial charge in [-0.25, -0.2) is 9.37 Å². The maximum absolute atomic E-state index is 13.1. The van der Waals surface area contributed by atoms with Crippen molar-refractivity contribution in [2.24, 2.45) is 5.92 Å². The molecule has 1 heterocycles. The number of hydrogen-bond acceptors (Lipinski definition) is 3. The summed E-state index contributed by atoms with van der Waals surface area (Å²) in [5.41, 5.74) is 7.27. The number of hydrogen-bond donors (Lipinski definition) is 1. The van der Waals surface area contributed by atoms with Gasteiger partial charge in [0.05, 0.1) is 17.6 Å². The maximum Gasteiger partial charge on any atom is 0.201 e. The second kappa shape index (κ2) is 4.57. The molecule has 0 aliphatic heterocycles. The highest BCUT2D eigenvalue weighted by Gasteiger charge is 2.21. The number of imidazole rings is 1. The summed E-state index contributed by atoms with van der Waals surface area (Å²) in [6, 6.07) is 4.52. The Bertz CT molecular complexity index is 563. The molecule has 18 heavy (non-hydrogen) atoms. The fourth-order valence-electron chi connectivity index (χ4n) is 2.05. The van der Waals surface area contributed by atoms with E-state index in [-0.39, 0.29) is 5.82 Å².